The first-order valence-corrected chi connectivity index (χ1v) is 7.82. The van der Waals surface area contributed by atoms with Gasteiger partial charge in [0.05, 0.1) is 23.8 Å². The molecule has 0 atom stereocenters. The van der Waals surface area contributed by atoms with Crippen molar-refractivity contribution < 1.29 is 23.9 Å². The van der Waals surface area contributed by atoms with Crippen LogP contribution in [0.15, 0.2) is 24.3 Å². The van der Waals surface area contributed by atoms with Crippen LogP contribution in [0.3, 0.4) is 0 Å². The molecule has 0 unspecified atom stereocenters. The van der Waals surface area contributed by atoms with Gasteiger partial charge in [0.1, 0.15) is 0 Å². The van der Waals surface area contributed by atoms with Gasteiger partial charge in [-0.3, -0.25) is 14.5 Å². The van der Waals surface area contributed by atoms with Gasteiger partial charge in [-0.05, 0) is 26.0 Å². The van der Waals surface area contributed by atoms with Gasteiger partial charge in [0.2, 0.25) is 0 Å². The molecule has 0 bridgehead atoms. The Balaban J connectivity index is 1.95. The molecule has 23 heavy (non-hydrogen) atoms. The zero-order valence-electron chi connectivity index (χ0n) is 13.2. The summed E-state index contributed by atoms with van der Waals surface area (Å²) in [6, 6.07) is 6.61. The number of hydrogen-bond acceptors (Lipinski definition) is 5. The fourth-order valence-corrected chi connectivity index (χ4v) is 3.33. The van der Waals surface area contributed by atoms with Crippen molar-refractivity contribution in [2.45, 2.75) is 38.3 Å². The maximum absolute atomic E-state index is 12.7. The number of amides is 2. The van der Waals surface area contributed by atoms with E-state index in [0.717, 1.165) is 4.90 Å². The van der Waals surface area contributed by atoms with Crippen LogP contribution < -0.4 is 0 Å². The van der Waals surface area contributed by atoms with E-state index in [1.54, 1.807) is 31.2 Å². The van der Waals surface area contributed by atoms with Crippen molar-refractivity contribution in [1.82, 2.24) is 4.90 Å². The molecule has 122 valence electrons. The van der Waals surface area contributed by atoms with E-state index >= 15 is 0 Å². The lowest BCUT2D eigenvalue weighted by molar-refractivity contribution is -0.171. The summed E-state index contributed by atoms with van der Waals surface area (Å²) in [6.07, 6.45) is 0.421. The molecule has 6 heteroatoms. The Hall–Kier alpha value is -2.21. The molecule has 1 fully saturated rings. The highest BCUT2D eigenvalue weighted by atomic mass is 16.5. The van der Waals surface area contributed by atoms with Gasteiger partial charge in [-0.2, -0.15) is 0 Å². The second kappa shape index (κ2) is 5.77. The van der Waals surface area contributed by atoms with Crippen LogP contribution in [0.25, 0.3) is 0 Å². The molecule has 6 nitrogen and oxygen atoms in total. The molecule has 1 aromatic carbocycles. The quantitative estimate of drug-likeness (QED) is 0.611. The lowest BCUT2D eigenvalue weighted by Gasteiger charge is -2.48. The fourth-order valence-electron chi connectivity index (χ4n) is 3.33. The second-order valence-corrected chi connectivity index (χ2v) is 5.73. The van der Waals surface area contributed by atoms with Gasteiger partial charge in [0.25, 0.3) is 11.8 Å². The largest absolute Gasteiger partial charge is 0.464 e. The normalized spacial score (nSPS) is 26.0. The van der Waals surface area contributed by atoms with Gasteiger partial charge in [-0.1, -0.05) is 12.1 Å². The molecule has 1 aliphatic heterocycles. The third kappa shape index (κ3) is 2.25. The molecule has 2 amide bonds. The first-order valence-electron chi connectivity index (χ1n) is 7.82. The Morgan fingerprint density at radius 1 is 1.13 bits per heavy atom. The molecule has 0 radical (unpaired) electrons. The van der Waals surface area contributed by atoms with Crippen LogP contribution in [-0.4, -0.2) is 47.5 Å². The highest BCUT2D eigenvalue weighted by Crippen LogP contribution is 2.44. The van der Waals surface area contributed by atoms with Crippen molar-refractivity contribution in [2.24, 2.45) is 0 Å². The van der Waals surface area contributed by atoms with Crippen LogP contribution in [0.1, 0.15) is 47.4 Å². The van der Waals surface area contributed by atoms with Gasteiger partial charge in [0, 0.05) is 19.4 Å². The lowest BCUT2D eigenvalue weighted by Crippen LogP contribution is -2.66. The van der Waals surface area contributed by atoms with E-state index in [1.165, 1.54) is 0 Å². The number of benzene rings is 1. The van der Waals surface area contributed by atoms with Crippen LogP contribution in [0.5, 0.6) is 0 Å². The lowest BCUT2D eigenvalue weighted by atomic mass is 9.72. The summed E-state index contributed by atoms with van der Waals surface area (Å²) in [5.41, 5.74) is -0.578. The Labute approximate surface area is 134 Å². The first kappa shape index (κ1) is 15.7. The minimum Gasteiger partial charge on any atom is -0.464 e. The van der Waals surface area contributed by atoms with Gasteiger partial charge >= 0.3 is 5.97 Å². The zero-order chi connectivity index (χ0) is 16.6. The molecule has 3 rings (SSSR count). The standard InChI is InChI=1S/C17H19NO5/c1-3-22-11-9-17(10-11,16(21)23-4-2)18-14(19)12-7-5-6-8-13(12)15(18)20/h5-8,11H,3-4,9-10H2,1-2H3. The fraction of sp³-hybridized carbons (Fsp3) is 0.471. The average molecular weight is 317 g/mol. The predicted molar refractivity (Wildman–Crippen MR) is 81.0 cm³/mol. The summed E-state index contributed by atoms with van der Waals surface area (Å²) < 4.78 is 10.7. The van der Waals surface area contributed by atoms with Crippen molar-refractivity contribution in [3.05, 3.63) is 35.4 Å². The summed E-state index contributed by atoms with van der Waals surface area (Å²) in [5, 5.41) is 0. The minimum atomic E-state index is -1.25. The van der Waals surface area contributed by atoms with Crippen molar-refractivity contribution >= 4 is 17.8 Å². The molecule has 0 spiro atoms. The molecular weight excluding hydrogens is 298 g/mol. The smallest absolute Gasteiger partial charge is 0.332 e. The maximum Gasteiger partial charge on any atom is 0.332 e. The van der Waals surface area contributed by atoms with Crippen molar-refractivity contribution in [2.75, 3.05) is 13.2 Å². The molecule has 1 aromatic rings. The minimum absolute atomic E-state index is 0.145. The molecule has 1 saturated carbocycles. The molecular formula is C17H19NO5. The summed E-state index contributed by atoms with van der Waals surface area (Å²) in [6.45, 7) is 4.29. The molecule has 2 aliphatic rings. The van der Waals surface area contributed by atoms with Crippen LogP contribution in [0.2, 0.25) is 0 Å². The number of fused-ring (bicyclic) bond motifs is 1. The van der Waals surface area contributed by atoms with E-state index in [4.69, 9.17) is 9.47 Å². The van der Waals surface area contributed by atoms with Crippen LogP contribution in [-0.2, 0) is 14.3 Å². The summed E-state index contributed by atoms with van der Waals surface area (Å²) in [7, 11) is 0. The van der Waals surface area contributed by atoms with Gasteiger partial charge in [-0.15, -0.1) is 0 Å². The Morgan fingerprint density at radius 3 is 2.17 bits per heavy atom. The number of rotatable bonds is 5. The highest BCUT2D eigenvalue weighted by Gasteiger charge is 2.61. The van der Waals surface area contributed by atoms with Crippen LogP contribution in [0, 0.1) is 0 Å². The zero-order valence-corrected chi connectivity index (χ0v) is 13.2. The first-order chi connectivity index (χ1) is 11.0. The highest BCUT2D eigenvalue weighted by molar-refractivity contribution is 6.23. The van der Waals surface area contributed by atoms with Gasteiger partial charge in [-0.25, -0.2) is 4.79 Å². The van der Waals surface area contributed by atoms with Crippen LogP contribution in [0.4, 0.5) is 0 Å². The van der Waals surface area contributed by atoms with Crippen molar-refractivity contribution in [3.63, 3.8) is 0 Å². The summed E-state index contributed by atoms with van der Waals surface area (Å²) in [4.78, 5) is 38.9. The molecule has 0 aromatic heterocycles. The van der Waals surface area contributed by atoms with E-state index in [-0.39, 0.29) is 25.6 Å². The number of hydrogen-bond donors (Lipinski definition) is 0. The molecule has 0 N–H and O–H groups in total. The third-order valence-electron chi connectivity index (χ3n) is 4.41. The number of carbonyl (C=O) groups is 3. The van der Waals surface area contributed by atoms with E-state index in [9.17, 15) is 14.4 Å². The second-order valence-electron chi connectivity index (χ2n) is 5.73. The number of carbonyl (C=O) groups excluding carboxylic acids is 3. The SMILES string of the molecule is CCOC(=O)C1(N2C(=O)c3ccccc3C2=O)CC(OCC)C1. The van der Waals surface area contributed by atoms with Crippen molar-refractivity contribution in [3.8, 4) is 0 Å². The molecule has 1 aliphatic carbocycles. The Morgan fingerprint density at radius 2 is 1.70 bits per heavy atom. The van der Waals surface area contributed by atoms with Gasteiger partial charge in [0.15, 0.2) is 5.54 Å². The summed E-state index contributed by atoms with van der Waals surface area (Å²) >= 11 is 0. The monoisotopic (exact) mass is 317 g/mol. The number of esters is 1. The van der Waals surface area contributed by atoms with E-state index in [2.05, 4.69) is 0 Å². The predicted octanol–water partition coefficient (Wildman–Crippen LogP) is 1.78. The topological polar surface area (TPSA) is 72.9 Å². The number of ether oxygens (including phenoxy) is 2. The van der Waals surface area contributed by atoms with E-state index < -0.39 is 23.3 Å². The van der Waals surface area contributed by atoms with Crippen molar-refractivity contribution in [1.29, 1.82) is 0 Å². The Bertz CT molecular complexity index is 628. The molecule has 1 heterocycles. The average Bonchev–Trinajstić information content (AvgIpc) is 2.76. The number of nitrogens with zero attached hydrogens (tertiary/aromatic N) is 1. The van der Waals surface area contributed by atoms with Crippen LogP contribution >= 0.6 is 0 Å². The summed E-state index contributed by atoms with van der Waals surface area (Å²) in [5.74, 6) is -1.41. The third-order valence-corrected chi connectivity index (χ3v) is 4.41. The molecule has 0 saturated heterocycles. The maximum atomic E-state index is 12.7. The van der Waals surface area contributed by atoms with E-state index in [1.807, 2.05) is 6.92 Å². The number of imide groups is 1. The van der Waals surface area contributed by atoms with Gasteiger partial charge < -0.3 is 9.47 Å². The Kier molecular flexibility index (Phi) is 3.93. The van der Waals surface area contributed by atoms with E-state index in [0.29, 0.717) is 17.7 Å².